The summed E-state index contributed by atoms with van der Waals surface area (Å²) in [6, 6.07) is 21.7. The molecule has 3 N–H and O–H groups in total. The van der Waals surface area contributed by atoms with Crippen LogP contribution in [0.15, 0.2) is 95.8 Å². The number of nitrogens with zero attached hydrogens (tertiary/aromatic N) is 1. The number of hydrogen-bond acceptors (Lipinski definition) is 4. The van der Waals surface area contributed by atoms with E-state index in [-0.39, 0.29) is 30.3 Å². The Balaban J connectivity index is 1.45. The number of H-pyrrole nitrogens is 1. The van der Waals surface area contributed by atoms with Gasteiger partial charge in [-0.2, -0.15) is 26.3 Å². The summed E-state index contributed by atoms with van der Waals surface area (Å²) in [6.45, 7) is -0.192. The third-order valence-electron chi connectivity index (χ3n) is 8.69. The number of carbonyl (C=O) groups excluding carboxylic acids is 1. The number of aryl methyl sites for hydroxylation is 1. The van der Waals surface area contributed by atoms with Gasteiger partial charge in [-0.15, -0.1) is 0 Å². The maximum Gasteiger partial charge on any atom is 0.416 e. The maximum absolute atomic E-state index is 14.0. The number of hydrogen-bond donors (Lipinski definition) is 3. The monoisotopic (exact) mass is 693 g/mol. The molecule has 0 spiro atoms. The molecule has 0 radical (unpaired) electrons. The van der Waals surface area contributed by atoms with Crippen LogP contribution in [0.1, 0.15) is 49.8 Å². The van der Waals surface area contributed by atoms with Crippen LogP contribution in [0.5, 0.6) is 11.5 Å². The van der Waals surface area contributed by atoms with Crippen molar-refractivity contribution in [2.75, 3.05) is 13.7 Å². The van der Waals surface area contributed by atoms with E-state index in [1.165, 1.54) is 11.7 Å². The first-order valence-corrected chi connectivity index (χ1v) is 15.3. The van der Waals surface area contributed by atoms with Crippen LogP contribution in [-0.2, 0) is 25.8 Å². The van der Waals surface area contributed by atoms with Crippen LogP contribution < -0.4 is 15.6 Å². The fraction of sp³-hybridized carbons (Fsp3) is 0.189. The van der Waals surface area contributed by atoms with Crippen LogP contribution in [0, 0.1) is 0 Å². The summed E-state index contributed by atoms with van der Waals surface area (Å²) in [5, 5.41) is 15.3. The zero-order valence-electron chi connectivity index (χ0n) is 26.5. The van der Waals surface area contributed by atoms with E-state index in [0.29, 0.717) is 56.5 Å². The maximum atomic E-state index is 14.0. The van der Waals surface area contributed by atoms with Crippen molar-refractivity contribution in [2.24, 2.45) is 7.05 Å². The van der Waals surface area contributed by atoms with E-state index in [4.69, 9.17) is 4.74 Å². The lowest BCUT2D eigenvalue weighted by Crippen LogP contribution is -2.28. The van der Waals surface area contributed by atoms with E-state index in [1.54, 1.807) is 79.8 Å². The zero-order valence-corrected chi connectivity index (χ0v) is 26.5. The highest BCUT2D eigenvalue weighted by molar-refractivity contribution is 5.95. The normalized spacial score (nSPS) is 12.7. The van der Waals surface area contributed by atoms with E-state index in [9.17, 15) is 41.0 Å². The standard InChI is InChI=1S/C37H29F6N3O4/c1-46-29-10-6-4-8-27(29)33(47)31(35(46)49)30(20-11-13-24(50-2)14-12-20)32-26(25-7-3-5-9-28(25)45-32)15-16-44-34(48)21-17-22(36(38,39)40)19-23(18-21)37(41,42)43/h3-14,17-19,30,45,47H,15-16H2,1-2H3,(H,44,48). The van der Waals surface area contributed by atoms with Crippen LogP contribution in [0.4, 0.5) is 26.3 Å². The van der Waals surface area contributed by atoms with Crippen molar-refractivity contribution in [3.05, 3.63) is 140 Å². The number of nitrogens with one attached hydrogen (secondary N) is 2. The van der Waals surface area contributed by atoms with Crippen LogP contribution in [0.25, 0.3) is 21.8 Å². The Morgan fingerprint density at radius 2 is 1.48 bits per heavy atom. The quantitative estimate of drug-likeness (QED) is 0.141. The topological polar surface area (TPSA) is 96.3 Å². The molecule has 258 valence electrons. The number of fused-ring (bicyclic) bond motifs is 2. The highest BCUT2D eigenvalue weighted by atomic mass is 19.4. The Bertz CT molecular complexity index is 2260. The molecular formula is C37H29F6N3O4. The fourth-order valence-electron chi connectivity index (χ4n) is 6.26. The molecule has 7 nitrogen and oxygen atoms in total. The first-order valence-electron chi connectivity index (χ1n) is 15.3. The second-order valence-electron chi connectivity index (χ2n) is 11.7. The molecule has 0 fully saturated rings. The number of aromatic amines is 1. The summed E-state index contributed by atoms with van der Waals surface area (Å²) in [5.41, 5.74) is -1.53. The van der Waals surface area contributed by atoms with Crippen molar-refractivity contribution in [2.45, 2.75) is 24.7 Å². The van der Waals surface area contributed by atoms with Gasteiger partial charge in [-0.1, -0.05) is 42.5 Å². The van der Waals surface area contributed by atoms with Crippen molar-refractivity contribution >= 4 is 27.7 Å². The van der Waals surface area contributed by atoms with Crippen molar-refractivity contribution in [1.29, 1.82) is 0 Å². The summed E-state index contributed by atoms with van der Waals surface area (Å²) in [6.07, 6.45) is -10.2. The van der Waals surface area contributed by atoms with E-state index in [1.807, 2.05) is 0 Å². The second-order valence-corrected chi connectivity index (χ2v) is 11.7. The van der Waals surface area contributed by atoms with Gasteiger partial charge in [-0.25, -0.2) is 0 Å². The lowest BCUT2D eigenvalue weighted by atomic mass is 9.85. The molecule has 1 amide bonds. The highest BCUT2D eigenvalue weighted by Crippen LogP contribution is 2.41. The minimum Gasteiger partial charge on any atom is -0.507 e. The molecule has 4 aromatic carbocycles. The molecule has 1 unspecified atom stereocenters. The van der Waals surface area contributed by atoms with Gasteiger partial charge < -0.3 is 24.7 Å². The number of pyridine rings is 1. The van der Waals surface area contributed by atoms with Crippen molar-refractivity contribution < 1.29 is 41.0 Å². The van der Waals surface area contributed by atoms with Gasteiger partial charge in [0.25, 0.3) is 11.5 Å². The number of halogens is 6. The molecular weight excluding hydrogens is 664 g/mol. The van der Waals surface area contributed by atoms with Crippen LogP contribution in [0.2, 0.25) is 0 Å². The number of aromatic nitrogens is 2. The van der Waals surface area contributed by atoms with E-state index >= 15 is 0 Å². The van der Waals surface area contributed by atoms with Gasteiger partial charge >= 0.3 is 12.4 Å². The molecule has 6 rings (SSSR count). The molecule has 0 saturated heterocycles. The molecule has 1 atom stereocenters. The largest absolute Gasteiger partial charge is 0.507 e. The Morgan fingerprint density at radius 1 is 0.880 bits per heavy atom. The fourth-order valence-corrected chi connectivity index (χ4v) is 6.26. The van der Waals surface area contributed by atoms with Gasteiger partial charge in [0.2, 0.25) is 0 Å². The third-order valence-corrected chi connectivity index (χ3v) is 8.69. The highest BCUT2D eigenvalue weighted by Gasteiger charge is 2.37. The van der Waals surface area contributed by atoms with E-state index in [0.717, 1.165) is 0 Å². The number of benzene rings is 4. The van der Waals surface area contributed by atoms with Gasteiger partial charge in [-0.05, 0) is 66.1 Å². The lowest BCUT2D eigenvalue weighted by Gasteiger charge is -2.22. The molecule has 13 heteroatoms. The Morgan fingerprint density at radius 3 is 2.10 bits per heavy atom. The Labute approximate surface area is 280 Å². The first-order chi connectivity index (χ1) is 23.7. The number of ether oxygens (including phenoxy) is 1. The molecule has 0 bridgehead atoms. The summed E-state index contributed by atoms with van der Waals surface area (Å²) in [7, 11) is 3.10. The summed E-state index contributed by atoms with van der Waals surface area (Å²) in [5.74, 6) is -1.70. The van der Waals surface area contributed by atoms with Gasteiger partial charge in [-0.3, -0.25) is 9.59 Å². The van der Waals surface area contributed by atoms with Gasteiger partial charge in [0.1, 0.15) is 11.5 Å². The van der Waals surface area contributed by atoms with Crippen molar-refractivity contribution in [3.63, 3.8) is 0 Å². The molecule has 0 aliphatic heterocycles. The van der Waals surface area contributed by atoms with Gasteiger partial charge in [0.05, 0.1) is 35.2 Å². The minimum absolute atomic E-state index is 0.0409. The SMILES string of the molecule is COc1ccc(C(c2[nH]c3ccccc3c2CCNC(=O)c2cc(C(F)(F)F)cc(C(F)(F)F)c2)c2c(O)c3ccccc3n(C)c2=O)cc1. The summed E-state index contributed by atoms with van der Waals surface area (Å²) in [4.78, 5) is 30.4. The summed E-state index contributed by atoms with van der Waals surface area (Å²) >= 11 is 0. The minimum atomic E-state index is -5.11. The van der Waals surface area contributed by atoms with Gasteiger partial charge in [0, 0.05) is 41.1 Å². The molecule has 50 heavy (non-hydrogen) atoms. The number of rotatable bonds is 8. The molecule has 2 heterocycles. The third kappa shape index (κ3) is 6.38. The smallest absolute Gasteiger partial charge is 0.416 e. The lowest BCUT2D eigenvalue weighted by molar-refractivity contribution is -0.143. The summed E-state index contributed by atoms with van der Waals surface area (Å²) < 4.78 is 87.4. The van der Waals surface area contributed by atoms with Crippen molar-refractivity contribution in [1.82, 2.24) is 14.9 Å². The van der Waals surface area contributed by atoms with Crippen LogP contribution >= 0.6 is 0 Å². The predicted molar refractivity (Wildman–Crippen MR) is 176 cm³/mol. The van der Waals surface area contributed by atoms with Crippen LogP contribution in [0.3, 0.4) is 0 Å². The number of carbonyl (C=O) groups is 1. The van der Waals surface area contributed by atoms with Gasteiger partial charge in [0.15, 0.2) is 0 Å². The average Bonchev–Trinajstić information content (AvgIpc) is 3.46. The molecule has 2 aromatic heterocycles. The number of alkyl halides is 6. The zero-order chi connectivity index (χ0) is 36.0. The molecule has 6 aromatic rings. The average molecular weight is 694 g/mol. The molecule has 0 aliphatic rings. The Hall–Kier alpha value is -5.72. The second kappa shape index (κ2) is 13.0. The van der Waals surface area contributed by atoms with E-state index < -0.39 is 46.4 Å². The van der Waals surface area contributed by atoms with Crippen LogP contribution in [-0.4, -0.2) is 34.2 Å². The number of amides is 1. The number of aromatic hydroxyl groups is 1. The number of methoxy groups -OCH3 is 1. The van der Waals surface area contributed by atoms with Crippen molar-refractivity contribution in [3.8, 4) is 11.5 Å². The predicted octanol–water partition coefficient (Wildman–Crippen LogP) is 7.92. The number of para-hydroxylation sites is 2. The Kier molecular flexibility index (Phi) is 8.85. The van der Waals surface area contributed by atoms with E-state index in [2.05, 4.69) is 10.3 Å². The molecule has 0 saturated carbocycles. The molecule has 0 aliphatic carbocycles. The first kappa shape index (κ1) is 34.2.